The molecule has 0 fully saturated rings. The summed E-state index contributed by atoms with van der Waals surface area (Å²) < 4.78 is 5.35. The van der Waals surface area contributed by atoms with Crippen molar-refractivity contribution in [3.8, 4) is 5.75 Å². The number of ether oxygens (including phenoxy) is 1. The van der Waals surface area contributed by atoms with E-state index in [0.29, 0.717) is 6.04 Å². The van der Waals surface area contributed by atoms with E-state index in [1.54, 1.807) is 7.11 Å². The first-order chi connectivity index (χ1) is 9.78. The molecular weight excluding hydrogens is 246 g/mol. The Labute approximate surface area is 121 Å². The predicted molar refractivity (Wildman–Crippen MR) is 86.5 cm³/mol. The summed E-state index contributed by atoms with van der Waals surface area (Å²) in [5.41, 5.74) is 1.36. The van der Waals surface area contributed by atoms with Crippen LogP contribution in [0.3, 0.4) is 0 Å². The molecular formula is C18H23NO. The van der Waals surface area contributed by atoms with Gasteiger partial charge in [0.25, 0.3) is 0 Å². The number of methoxy groups -OCH3 is 1. The van der Waals surface area contributed by atoms with Gasteiger partial charge < -0.3 is 10.1 Å². The van der Waals surface area contributed by atoms with Gasteiger partial charge in [-0.05, 0) is 47.9 Å². The standard InChI is InChI=1S/C18H23NO/c1-4-7-16(19-5-2)12-15-9-6-8-14-10-11-17(20-3)13-18(14)15/h4,6,8-11,13,16,19H,1,5,7,12H2,2-3H3. The molecule has 20 heavy (non-hydrogen) atoms. The van der Waals surface area contributed by atoms with E-state index in [0.717, 1.165) is 25.1 Å². The van der Waals surface area contributed by atoms with Crippen LogP contribution >= 0.6 is 0 Å². The van der Waals surface area contributed by atoms with Crippen LogP contribution in [0.4, 0.5) is 0 Å². The van der Waals surface area contributed by atoms with Crippen molar-refractivity contribution in [2.24, 2.45) is 0 Å². The number of benzene rings is 2. The molecule has 0 radical (unpaired) electrons. The molecule has 106 valence electrons. The molecule has 0 aliphatic rings. The summed E-state index contributed by atoms with van der Waals surface area (Å²) in [4.78, 5) is 0. The van der Waals surface area contributed by atoms with Gasteiger partial charge in [0.2, 0.25) is 0 Å². The van der Waals surface area contributed by atoms with E-state index in [1.165, 1.54) is 16.3 Å². The molecule has 1 N–H and O–H groups in total. The Balaban J connectivity index is 2.34. The zero-order valence-electron chi connectivity index (χ0n) is 12.4. The number of likely N-dealkylation sites (N-methyl/N-ethyl adjacent to an activating group) is 1. The molecule has 1 atom stereocenters. The molecule has 0 spiro atoms. The third-order valence-corrected chi connectivity index (χ3v) is 3.59. The maximum absolute atomic E-state index is 5.35. The highest BCUT2D eigenvalue weighted by molar-refractivity contribution is 5.87. The SMILES string of the molecule is C=CCC(Cc1cccc2ccc(OC)cc12)NCC. The van der Waals surface area contributed by atoms with Gasteiger partial charge in [-0.1, -0.05) is 37.3 Å². The van der Waals surface area contributed by atoms with E-state index in [2.05, 4.69) is 49.2 Å². The van der Waals surface area contributed by atoms with E-state index >= 15 is 0 Å². The van der Waals surface area contributed by atoms with Crippen molar-refractivity contribution in [1.82, 2.24) is 5.32 Å². The molecule has 1 unspecified atom stereocenters. The van der Waals surface area contributed by atoms with Crippen LogP contribution in [0.15, 0.2) is 49.1 Å². The van der Waals surface area contributed by atoms with E-state index in [9.17, 15) is 0 Å². The first-order valence-corrected chi connectivity index (χ1v) is 7.18. The molecule has 2 aromatic rings. The Morgan fingerprint density at radius 3 is 2.85 bits per heavy atom. The second kappa shape index (κ2) is 7.11. The highest BCUT2D eigenvalue weighted by atomic mass is 16.5. The molecule has 0 aromatic heterocycles. The van der Waals surface area contributed by atoms with Gasteiger partial charge in [0.1, 0.15) is 5.75 Å². The molecule has 0 saturated carbocycles. The molecule has 0 bridgehead atoms. The van der Waals surface area contributed by atoms with Crippen LogP contribution in [-0.4, -0.2) is 19.7 Å². The lowest BCUT2D eigenvalue weighted by Gasteiger charge is -2.17. The quantitative estimate of drug-likeness (QED) is 0.769. The van der Waals surface area contributed by atoms with Gasteiger partial charge in [-0.25, -0.2) is 0 Å². The van der Waals surface area contributed by atoms with Gasteiger partial charge in [-0.2, -0.15) is 0 Å². The van der Waals surface area contributed by atoms with E-state index in [1.807, 2.05) is 12.1 Å². The average Bonchev–Trinajstić information content (AvgIpc) is 2.47. The largest absolute Gasteiger partial charge is 0.497 e. The predicted octanol–water partition coefficient (Wildman–Crippen LogP) is 3.95. The Morgan fingerprint density at radius 1 is 1.30 bits per heavy atom. The maximum Gasteiger partial charge on any atom is 0.119 e. The zero-order valence-corrected chi connectivity index (χ0v) is 12.4. The summed E-state index contributed by atoms with van der Waals surface area (Å²) in [5, 5.41) is 6.06. The smallest absolute Gasteiger partial charge is 0.119 e. The van der Waals surface area contributed by atoms with Crippen molar-refractivity contribution >= 4 is 10.8 Å². The molecule has 0 aliphatic heterocycles. The monoisotopic (exact) mass is 269 g/mol. The van der Waals surface area contributed by atoms with Crippen molar-refractivity contribution in [3.05, 3.63) is 54.6 Å². The van der Waals surface area contributed by atoms with Gasteiger partial charge in [-0.3, -0.25) is 0 Å². The fourth-order valence-corrected chi connectivity index (χ4v) is 2.62. The van der Waals surface area contributed by atoms with E-state index < -0.39 is 0 Å². The molecule has 2 aromatic carbocycles. The van der Waals surface area contributed by atoms with Crippen molar-refractivity contribution < 1.29 is 4.74 Å². The van der Waals surface area contributed by atoms with Gasteiger partial charge in [-0.15, -0.1) is 6.58 Å². The molecule has 0 aliphatic carbocycles. The van der Waals surface area contributed by atoms with Gasteiger partial charge in [0.05, 0.1) is 7.11 Å². The highest BCUT2D eigenvalue weighted by Crippen LogP contribution is 2.25. The van der Waals surface area contributed by atoms with Gasteiger partial charge in [0, 0.05) is 6.04 Å². The van der Waals surface area contributed by atoms with Crippen LogP contribution in [0, 0.1) is 0 Å². The second-order valence-corrected chi connectivity index (χ2v) is 4.99. The Bertz CT molecular complexity index is 577. The average molecular weight is 269 g/mol. The zero-order chi connectivity index (χ0) is 14.4. The summed E-state index contributed by atoms with van der Waals surface area (Å²) in [7, 11) is 1.71. The fraction of sp³-hybridized carbons (Fsp3) is 0.333. The normalized spacial score (nSPS) is 12.3. The lowest BCUT2D eigenvalue weighted by atomic mass is 9.97. The minimum Gasteiger partial charge on any atom is -0.497 e. The van der Waals surface area contributed by atoms with Gasteiger partial charge >= 0.3 is 0 Å². The van der Waals surface area contributed by atoms with Crippen LogP contribution in [0.5, 0.6) is 5.75 Å². The van der Waals surface area contributed by atoms with Gasteiger partial charge in [0.15, 0.2) is 0 Å². The Kier molecular flexibility index (Phi) is 5.19. The summed E-state index contributed by atoms with van der Waals surface area (Å²) in [6.45, 7) is 6.97. The summed E-state index contributed by atoms with van der Waals surface area (Å²) in [6, 6.07) is 13.2. The molecule has 2 nitrogen and oxygen atoms in total. The first-order valence-electron chi connectivity index (χ1n) is 7.18. The van der Waals surface area contributed by atoms with Crippen LogP contribution < -0.4 is 10.1 Å². The Hall–Kier alpha value is -1.80. The number of fused-ring (bicyclic) bond motifs is 1. The van der Waals surface area contributed by atoms with Crippen molar-refractivity contribution in [1.29, 1.82) is 0 Å². The van der Waals surface area contributed by atoms with E-state index in [-0.39, 0.29) is 0 Å². The third kappa shape index (κ3) is 3.40. The number of nitrogens with one attached hydrogen (secondary N) is 1. The molecule has 0 heterocycles. The van der Waals surface area contributed by atoms with Crippen LogP contribution in [0.1, 0.15) is 18.9 Å². The summed E-state index contributed by atoms with van der Waals surface area (Å²) >= 11 is 0. The fourth-order valence-electron chi connectivity index (χ4n) is 2.62. The summed E-state index contributed by atoms with van der Waals surface area (Å²) in [6.07, 6.45) is 3.97. The molecule has 2 rings (SSSR count). The minimum absolute atomic E-state index is 0.439. The molecule has 0 saturated heterocycles. The number of hydrogen-bond acceptors (Lipinski definition) is 2. The second-order valence-electron chi connectivity index (χ2n) is 4.99. The Morgan fingerprint density at radius 2 is 2.15 bits per heavy atom. The van der Waals surface area contributed by atoms with Crippen molar-refractivity contribution in [2.75, 3.05) is 13.7 Å². The number of hydrogen-bond donors (Lipinski definition) is 1. The topological polar surface area (TPSA) is 21.3 Å². The van der Waals surface area contributed by atoms with Crippen LogP contribution in [-0.2, 0) is 6.42 Å². The van der Waals surface area contributed by atoms with Crippen LogP contribution in [0.2, 0.25) is 0 Å². The minimum atomic E-state index is 0.439. The molecule has 2 heteroatoms. The lowest BCUT2D eigenvalue weighted by molar-refractivity contribution is 0.415. The highest BCUT2D eigenvalue weighted by Gasteiger charge is 2.09. The maximum atomic E-state index is 5.35. The third-order valence-electron chi connectivity index (χ3n) is 3.59. The lowest BCUT2D eigenvalue weighted by Crippen LogP contribution is -2.30. The molecule has 0 amide bonds. The number of rotatable bonds is 7. The van der Waals surface area contributed by atoms with Crippen molar-refractivity contribution in [2.45, 2.75) is 25.8 Å². The summed E-state index contributed by atoms with van der Waals surface area (Å²) in [5.74, 6) is 0.911. The van der Waals surface area contributed by atoms with E-state index in [4.69, 9.17) is 4.74 Å². The van der Waals surface area contributed by atoms with Crippen LogP contribution in [0.25, 0.3) is 10.8 Å². The van der Waals surface area contributed by atoms with Crippen molar-refractivity contribution in [3.63, 3.8) is 0 Å². The first kappa shape index (κ1) is 14.6.